The Kier molecular flexibility index (Phi) is 2.59. The molecule has 0 aliphatic rings. The van der Waals surface area contributed by atoms with Gasteiger partial charge in [-0.3, -0.25) is 0 Å². The van der Waals surface area contributed by atoms with Gasteiger partial charge in [0.05, 0.1) is 12.0 Å². The van der Waals surface area contributed by atoms with Crippen molar-refractivity contribution < 1.29 is 4.42 Å². The quantitative estimate of drug-likeness (QED) is 0.763. The van der Waals surface area contributed by atoms with Gasteiger partial charge >= 0.3 is 0 Å². The van der Waals surface area contributed by atoms with Crippen LogP contribution in [0.5, 0.6) is 0 Å². The van der Waals surface area contributed by atoms with Crippen molar-refractivity contribution in [1.82, 2.24) is 15.0 Å². The second-order valence-corrected chi connectivity index (χ2v) is 4.50. The third kappa shape index (κ3) is 1.89. The van der Waals surface area contributed by atoms with E-state index in [1.54, 1.807) is 17.0 Å². The molecule has 2 N–H and O–H groups in total. The van der Waals surface area contributed by atoms with Crippen molar-refractivity contribution in [3.05, 3.63) is 47.7 Å². The summed E-state index contributed by atoms with van der Waals surface area (Å²) in [5, 5.41) is 8.21. The molecule has 1 aromatic carbocycles. The van der Waals surface area contributed by atoms with Crippen LogP contribution in [-0.4, -0.2) is 15.0 Å². The van der Waals surface area contributed by atoms with Crippen molar-refractivity contribution >= 4 is 5.82 Å². The Bertz CT molecular complexity index is 713. The average Bonchev–Trinajstić information content (AvgIpc) is 2.99. The minimum absolute atomic E-state index is 0.474. The van der Waals surface area contributed by atoms with Gasteiger partial charge in [-0.1, -0.05) is 22.9 Å². The summed E-state index contributed by atoms with van der Waals surface area (Å²) in [5.41, 5.74) is 9.90. The van der Waals surface area contributed by atoms with Gasteiger partial charge in [-0.05, 0) is 37.6 Å². The Balaban J connectivity index is 2.12. The van der Waals surface area contributed by atoms with Gasteiger partial charge in [0.15, 0.2) is 17.3 Å². The lowest BCUT2D eigenvalue weighted by atomic mass is 10.1. The van der Waals surface area contributed by atoms with Crippen LogP contribution in [0.3, 0.4) is 0 Å². The third-order valence-corrected chi connectivity index (χ3v) is 3.04. The number of benzene rings is 1. The van der Waals surface area contributed by atoms with Crippen molar-refractivity contribution in [2.45, 2.75) is 13.8 Å². The molecule has 0 saturated carbocycles. The summed E-state index contributed by atoms with van der Waals surface area (Å²) in [6.07, 6.45) is 1.59. The number of rotatable bonds is 2. The first-order chi connectivity index (χ1) is 9.16. The molecule has 0 aliphatic heterocycles. The molecule has 19 heavy (non-hydrogen) atoms. The maximum atomic E-state index is 6.11. The van der Waals surface area contributed by atoms with Crippen LogP contribution in [0.4, 0.5) is 5.82 Å². The van der Waals surface area contributed by atoms with E-state index in [0.717, 1.165) is 11.3 Å². The second kappa shape index (κ2) is 4.28. The van der Waals surface area contributed by atoms with Gasteiger partial charge in [0.2, 0.25) is 0 Å². The minimum atomic E-state index is 0.474. The van der Waals surface area contributed by atoms with Crippen LogP contribution >= 0.6 is 0 Å². The van der Waals surface area contributed by atoms with Crippen molar-refractivity contribution in [3.8, 4) is 17.1 Å². The molecular formula is C14H14N4O. The van der Waals surface area contributed by atoms with Crippen LogP contribution in [0.15, 0.2) is 41.0 Å². The van der Waals surface area contributed by atoms with Crippen molar-refractivity contribution in [3.63, 3.8) is 0 Å². The molecule has 0 saturated heterocycles. The molecular weight excluding hydrogens is 240 g/mol. The molecule has 3 aromatic rings. The molecule has 0 radical (unpaired) electrons. The van der Waals surface area contributed by atoms with Gasteiger partial charge in [0, 0.05) is 0 Å². The molecule has 2 aromatic heterocycles. The summed E-state index contributed by atoms with van der Waals surface area (Å²) < 4.78 is 6.93. The van der Waals surface area contributed by atoms with E-state index in [2.05, 4.69) is 23.3 Å². The number of nitrogens with zero attached hydrogens (tertiary/aromatic N) is 3. The highest BCUT2D eigenvalue weighted by molar-refractivity contribution is 5.67. The molecule has 0 fully saturated rings. The Morgan fingerprint density at radius 3 is 2.74 bits per heavy atom. The Morgan fingerprint density at radius 2 is 2.05 bits per heavy atom. The summed E-state index contributed by atoms with van der Waals surface area (Å²) in [5.74, 6) is 1.09. The highest BCUT2D eigenvalue weighted by Gasteiger charge is 2.15. The van der Waals surface area contributed by atoms with Crippen molar-refractivity contribution in [2.75, 3.05) is 5.73 Å². The molecule has 0 spiro atoms. The maximum absolute atomic E-state index is 6.11. The smallest absolute Gasteiger partial charge is 0.172 e. The highest BCUT2D eigenvalue weighted by atomic mass is 16.3. The van der Waals surface area contributed by atoms with Crippen LogP contribution < -0.4 is 5.73 Å². The first-order valence-electron chi connectivity index (χ1n) is 5.99. The lowest BCUT2D eigenvalue weighted by Crippen LogP contribution is -2.04. The van der Waals surface area contributed by atoms with E-state index in [-0.39, 0.29) is 0 Å². The number of nitrogens with two attached hydrogens (primary N) is 1. The van der Waals surface area contributed by atoms with E-state index < -0.39 is 0 Å². The second-order valence-electron chi connectivity index (χ2n) is 4.50. The van der Waals surface area contributed by atoms with Gasteiger partial charge in [-0.15, -0.1) is 5.10 Å². The van der Waals surface area contributed by atoms with E-state index >= 15 is 0 Å². The summed E-state index contributed by atoms with van der Waals surface area (Å²) in [6.45, 7) is 4.08. The lowest BCUT2D eigenvalue weighted by Gasteiger charge is -2.07. The third-order valence-electron chi connectivity index (χ3n) is 3.04. The predicted octanol–water partition coefficient (Wildman–Crippen LogP) is 2.73. The number of anilines is 1. The SMILES string of the molecule is Cc1ccc(-n2nnc(-c3ccco3)c2N)c(C)c1. The Morgan fingerprint density at radius 1 is 1.21 bits per heavy atom. The number of aromatic nitrogens is 3. The molecule has 0 unspecified atom stereocenters. The van der Waals surface area contributed by atoms with E-state index in [0.29, 0.717) is 17.3 Å². The highest BCUT2D eigenvalue weighted by Crippen LogP contribution is 2.26. The average molecular weight is 254 g/mol. The van der Waals surface area contributed by atoms with Crippen LogP contribution in [0.1, 0.15) is 11.1 Å². The molecule has 96 valence electrons. The number of hydrogen-bond acceptors (Lipinski definition) is 4. The number of hydrogen-bond donors (Lipinski definition) is 1. The fourth-order valence-electron chi connectivity index (χ4n) is 2.10. The van der Waals surface area contributed by atoms with E-state index in [9.17, 15) is 0 Å². The first-order valence-corrected chi connectivity index (χ1v) is 5.99. The van der Waals surface area contributed by atoms with Gasteiger partial charge in [0.25, 0.3) is 0 Å². The van der Waals surface area contributed by atoms with Gasteiger partial charge in [-0.2, -0.15) is 4.68 Å². The Hall–Kier alpha value is -2.56. The molecule has 0 amide bonds. The standard InChI is InChI=1S/C14H14N4O/c1-9-5-6-11(10(2)8-9)18-14(15)13(16-17-18)12-4-3-7-19-12/h3-8H,15H2,1-2H3. The van der Waals surface area contributed by atoms with Crippen LogP contribution in [0, 0.1) is 13.8 Å². The van der Waals surface area contributed by atoms with E-state index in [1.807, 2.05) is 25.1 Å². The summed E-state index contributed by atoms with van der Waals surface area (Å²) in [4.78, 5) is 0. The molecule has 2 heterocycles. The zero-order chi connectivity index (χ0) is 13.4. The minimum Gasteiger partial charge on any atom is -0.463 e. The van der Waals surface area contributed by atoms with Crippen molar-refractivity contribution in [2.24, 2.45) is 0 Å². The van der Waals surface area contributed by atoms with Crippen LogP contribution in [0.25, 0.3) is 17.1 Å². The fraction of sp³-hybridized carbons (Fsp3) is 0.143. The largest absolute Gasteiger partial charge is 0.463 e. The first kappa shape index (κ1) is 11.5. The predicted molar refractivity (Wildman–Crippen MR) is 72.9 cm³/mol. The van der Waals surface area contributed by atoms with Crippen LogP contribution in [-0.2, 0) is 0 Å². The monoisotopic (exact) mass is 254 g/mol. The number of furan rings is 1. The number of aryl methyl sites for hydroxylation is 2. The Labute approximate surface area is 110 Å². The van der Waals surface area contributed by atoms with E-state index in [4.69, 9.17) is 10.2 Å². The topological polar surface area (TPSA) is 69.9 Å². The molecule has 3 rings (SSSR count). The summed E-state index contributed by atoms with van der Waals surface area (Å²) in [6, 6.07) is 9.71. The molecule has 0 atom stereocenters. The zero-order valence-electron chi connectivity index (χ0n) is 10.8. The van der Waals surface area contributed by atoms with Gasteiger partial charge in [0.1, 0.15) is 0 Å². The normalized spacial score (nSPS) is 10.8. The van der Waals surface area contributed by atoms with Gasteiger partial charge < -0.3 is 10.2 Å². The zero-order valence-corrected chi connectivity index (χ0v) is 10.8. The molecule has 0 bridgehead atoms. The maximum Gasteiger partial charge on any atom is 0.172 e. The summed E-state index contributed by atoms with van der Waals surface area (Å²) in [7, 11) is 0. The number of nitrogen functional groups attached to an aromatic ring is 1. The fourth-order valence-corrected chi connectivity index (χ4v) is 2.10. The molecule has 5 nitrogen and oxygen atoms in total. The van der Waals surface area contributed by atoms with Gasteiger partial charge in [-0.25, -0.2) is 0 Å². The summed E-state index contributed by atoms with van der Waals surface area (Å²) >= 11 is 0. The lowest BCUT2D eigenvalue weighted by molar-refractivity contribution is 0.580. The van der Waals surface area contributed by atoms with Crippen LogP contribution in [0.2, 0.25) is 0 Å². The van der Waals surface area contributed by atoms with Crippen molar-refractivity contribution in [1.29, 1.82) is 0 Å². The molecule has 5 heteroatoms. The van der Waals surface area contributed by atoms with E-state index in [1.165, 1.54) is 5.56 Å². The molecule has 0 aliphatic carbocycles.